The van der Waals surface area contributed by atoms with Gasteiger partial charge in [-0.05, 0) is 31.5 Å². The predicted molar refractivity (Wildman–Crippen MR) is 76.4 cm³/mol. The zero-order chi connectivity index (χ0) is 16.1. The second-order valence-electron chi connectivity index (χ2n) is 5.05. The highest BCUT2D eigenvalue weighted by Gasteiger charge is 2.25. The first-order valence-corrected chi connectivity index (χ1v) is 6.99. The fraction of sp³-hybridized carbons (Fsp3) is 0.400. The Bertz CT molecular complexity index is 591. The van der Waals surface area contributed by atoms with Gasteiger partial charge in [-0.15, -0.1) is 0 Å². The maximum Gasteiger partial charge on any atom is 0.326 e. The van der Waals surface area contributed by atoms with E-state index in [-0.39, 0.29) is 18.1 Å². The Morgan fingerprint density at radius 2 is 2.23 bits per heavy atom. The normalized spacial score (nSPS) is 15.5. The van der Waals surface area contributed by atoms with E-state index in [1.807, 2.05) is 0 Å². The average molecular weight is 308 g/mol. The minimum Gasteiger partial charge on any atom is -0.451 e. The van der Waals surface area contributed by atoms with Crippen LogP contribution in [0.1, 0.15) is 19.8 Å². The molecule has 1 heterocycles. The molecule has 7 heteroatoms. The molecule has 0 bridgehead atoms. The van der Waals surface area contributed by atoms with Crippen molar-refractivity contribution >= 4 is 23.5 Å². The Balaban J connectivity index is 1.83. The number of carbonyl (C=O) groups is 3. The van der Waals surface area contributed by atoms with E-state index in [0.29, 0.717) is 13.0 Å². The average Bonchev–Trinajstić information content (AvgIpc) is 2.84. The predicted octanol–water partition coefficient (Wildman–Crippen LogP) is 1.32. The number of hydrogen-bond acceptors (Lipinski definition) is 4. The molecule has 0 unspecified atom stereocenters. The number of nitrogens with one attached hydrogen (secondary N) is 1. The molecule has 1 N–H and O–H groups in total. The molecule has 1 saturated heterocycles. The van der Waals surface area contributed by atoms with Gasteiger partial charge < -0.3 is 15.0 Å². The number of nitrogens with zero attached hydrogens (tertiary/aromatic N) is 1. The van der Waals surface area contributed by atoms with E-state index in [9.17, 15) is 18.8 Å². The SMILES string of the molecule is C[C@H](OC(=O)CN1CCCC1=O)C(=O)Nc1cccc(F)c1. The monoisotopic (exact) mass is 308 g/mol. The number of amides is 2. The third-order valence-corrected chi connectivity index (χ3v) is 3.26. The second-order valence-corrected chi connectivity index (χ2v) is 5.05. The Labute approximate surface area is 127 Å². The lowest BCUT2D eigenvalue weighted by molar-refractivity contribution is -0.155. The van der Waals surface area contributed by atoms with Gasteiger partial charge in [0, 0.05) is 18.7 Å². The Morgan fingerprint density at radius 3 is 2.86 bits per heavy atom. The highest BCUT2D eigenvalue weighted by atomic mass is 19.1. The first kappa shape index (κ1) is 15.9. The van der Waals surface area contributed by atoms with E-state index < -0.39 is 23.8 Å². The van der Waals surface area contributed by atoms with E-state index in [2.05, 4.69) is 5.32 Å². The van der Waals surface area contributed by atoms with Gasteiger partial charge in [0.25, 0.3) is 5.91 Å². The van der Waals surface area contributed by atoms with Gasteiger partial charge in [0.15, 0.2) is 6.10 Å². The molecular formula is C15H17FN2O4. The van der Waals surface area contributed by atoms with Crippen molar-refractivity contribution in [2.24, 2.45) is 0 Å². The van der Waals surface area contributed by atoms with Crippen molar-refractivity contribution in [3.05, 3.63) is 30.1 Å². The lowest BCUT2D eigenvalue weighted by Gasteiger charge is -2.17. The molecule has 1 aliphatic heterocycles. The maximum atomic E-state index is 13.0. The quantitative estimate of drug-likeness (QED) is 0.832. The van der Waals surface area contributed by atoms with Crippen LogP contribution in [0.5, 0.6) is 0 Å². The number of likely N-dealkylation sites (tertiary alicyclic amines) is 1. The van der Waals surface area contributed by atoms with Crippen molar-refractivity contribution < 1.29 is 23.5 Å². The molecule has 2 rings (SSSR count). The van der Waals surface area contributed by atoms with Crippen LogP contribution in [0.3, 0.4) is 0 Å². The van der Waals surface area contributed by atoms with Crippen LogP contribution < -0.4 is 5.32 Å². The minimum atomic E-state index is -1.03. The van der Waals surface area contributed by atoms with Crippen molar-refractivity contribution in [2.45, 2.75) is 25.9 Å². The van der Waals surface area contributed by atoms with Crippen LogP contribution in [0, 0.1) is 5.82 Å². The molecule has 0 spiro atoms. The Morgan fingerprint density at radius 1 is 1.45 bits per heavy atom. The van der Waals surface area contributed by atoms with Crippen molar-refractivity contribution in [1.29, 1.82) is 0 Å². The summed E-state index contributed by atoms with van der Waals surface area (Å²) in [5.41, 5.74) is 0.280. The third kappa shape index (κ3) is 4.28. The van der Waals surface area contributed by atoms with Crippen LogP contribution >= 0.6 is 0 Å². The number of carbonyl (C=O) groups excluding carboxylic acids is 3. The molecule has 0 aromatic heterocycles. The smallest absolute Gasteiger partial charge is 0.326 e. The molecule has 2 amide bonds. The highest BCUT2D eigenvalue weighted by Crippen LogP contribution is 2.11. The first-order valence-electron chi connectivity index (χ1n) is 6.99. The molecule has 0 saturated carbocycles. The summed E-state index contributed by atoms with van der Waals surface area (Å²) in [4.78, 5) is 36.4. The molecule has 6 nitrogen and oxygen atoms in total. The van der Waals surface area contributed by atoms with Crippen molar-refractivity contribution in [2.75, 3.05) is 18.4 Å². The summed E-state index contributed by atoms with van der Waals surface area (Å²) >= 11 is 0. The zero-order valence-electron chi connectivity index (χ0n) is 12.2. The van der Waals surface area contributed by atoms with Crippen LogP contribution in [0.15, 0.2) is 24.3 Å². The highest BCUT2D eigenvalue weighted by molar-refractivity contribution is 5.95. The number of hydrogen-bond donors (Lipinski definition) is 1. The number of halogens is 1. The van der Waals surface area contributed by atoms with Gasteiger partial charge in [-0.25, -0.2) is 4.39 Å². The summed E-state index contributed by atoms with van der Waals surface area (Å²) in [6.45, 7) is 1.78. The summed E-state index contributed by atoms with van der Waals surface area (Å²) in [5, 5.41) is 2.45. The number of benzene rings is 1. The van der Waals surface area contributed by atoms with Gasteiger partial charge >= 0.3 is 5.97 Å². The summed E-state index contributed by atoms with van der Waals surface area (Å²) in [6, 6.07) is 5.40. The molecule has 1 fully saturated rings. The van der Waals surface area contributed by atoms with Crippen LogP contribution in [0.4, 0.5) is 10.1 Å². The van der Waals surface area contributed by atoms with E-state index in [4.69, 9.17) is 4.74 Å². The molecular weight excluding hydrogens is 291 g/mol. The van der Waals surface area contributed by atoms with Gasteiger partial charge in [0.05, 0.1) is 0 Å². The van der Waals surface area contributed by atoms with Gasteiger partial charge in [-0.2, -0.15) is 0 Å². The van der Waals surface area contributed by atoms with Gasteiger partial charge in [0.2, 0.25) is 5.91 Å². The number of rotatable bonds is 5. The molecule has 118 valence electrons. The lowest BCUT2D eigenvalue weighted by Crippen LogP contribution is -2.36. The number of anilines is 1. The molecule has 22 heavy (non-hydrogen) atoms. The summed E-state index contributed by atoms with van der Waals surface area (Å²) in [6.07, 6.45) is 0.124. The Kier molecular flexibility index (Phi) is 5.08. The molecule has 0 aliphatic carbocycles. The van der Waals surface area contributed by atoms with E-state index in [0.717, 1.165) is 12.5 Å². The standard InChI is InChI=1S/C15H17FN2O4/c1-10(15(21)17-12-5-2-4-11(16)8-12)22-14(20)9-18-7-3-6-13(18)19/h2,4-5,8,10H,3,6-7,9H2,1H3,(H,17,21)/t10-/m0/s1. The zero-order valence-corrected chi connectivity index (χ0v) is 12.2. The van der Waals surface area contributed by atoms with Crippen molar-refractivity contribution in [3.8, 4) is 0 Å². The van der Waals surface area contributed by atoms with E-state index >= 15 is 0 Å². The van der Waals surface area contributed by atoms with Gasteiger partial charge in [0.1, 0.15) is 12.4 Å². The Hall–Kier alpha value is -2.44. The first-order chi connectivity index (χ1) is 10.5. The van der Waals surface area contributed by atoms with Crippen LogP contribution in [-0.4, -0.2) is 41.9 Å². The minimum absolute atomic E-state index is 0.0891. The molecule has 0 radical (unpaired) electrons. The third-order valence-electron chi connectivity index (χ3n) is 3.26. The largest absolute Gasteiger partial charge is 0.451 e. The summed E-state index contributed by atoms with van der Waals surface area (Å²) in [5.74, 6) is -1.77. The fourth-order valence-corrected chi connectivity index (χ4v) is 2.13. The molecule has 1 aromatic carbocycles. The lowest BCUT2D eigenvalue weighted by atomic mass is 10.3. The molecule has 1 aromatic rings. The van der Waals surface area contributed by atoms with Crippen molar-refractivity contribution in [1.82, 2.24) is 4.90 Å². The van der Waals surface area contributed by atoms with Crippen LogP contribution in [0.2, 0.25) is 0 Å². The number of esters is 1. The van der Waals surface area contributed by atoms with Crippen molar-refractivity contribution in [3.63, 3.8) is 0 Å². The van der Waals surface area contributed by atoms with E-state index in [1.165, 1.54) is 30.0 Å². The fourth-order valence-electron chi connectivity index (χ4n) is 2.13. The summed E-state index contributed by atoms with van der Waals surface area (Å²) < 4.78 is 18.0. The molecule has 1 aliphatic rings. The van der Waals surface area contributed by atoms with Crippen LogP contribution in [0.25, 0.3) is 0 Å². The van der Waals surface area contributed by atoms with E-state index in [1.54, 1.807) is 0 Å². The maximum absolute atomic E-state index is 13.0. The second kappa shape index (κ2) is 7.02. The van der Waals surface area contributed by atoms with Gasteiger partial charge in [-0.1, -0.05) is 6.07 Å². The summed E-state index contributed by atoms with van der Waals surface area (Å²) in [7, 11) is 0. The number of ether oxygens (including phenoxy) is 1. The molecule has 1 atom stereocenters. The van der Waals surface area contributed by atoms with Gasteiger partial charge in [-0.3, -0.25) is 14.4 Å². The van der Waals surface area contributed by atoms with Crippen LogP contribution in [-0.2, 0) is 19.1 Å². The topological polar surface area (TPSA) is 75.7 Å².